The van der Waals surface area contributed by atoms with Crippen LogP contribution >= 0.6 is 11.6 Å². The molecule has 8 heteroatoms. The van der Waals surface area contributed by atoms with Crippen LogP contribution in [0.3, 0.4) is 0 Å². The smallest absolute Gasteiger partial charge is 0.328 e. The van der Waals surface area contributed by atoms with Gasteiger partial charge in [-0.1, -0.05) is 0 Å². The van der Waals surface area contributed by atoms with Gasteiger partial charge in [-0.3, -0.25) is 4.57 Å². The predicted octanol–water partition coefficient (Wildman–Crippen LogP) is 2.64. The SMILES string of the molecule is Fc1ccc(Oc2nc(Cl)nc(-n3ccnc3)n2)cc1. The molecule has 0 saturated carbocycles. The number of imidazole rings is 1. The number of ether oxygens (including phenoxy) is 1. The summed E-state index contributed by atoms with van der Waals surface area (Å²) in [5.74, 6) is 0.315. The van der Waals surface area contributed by atoms with Crippen LogP contribution in [0.1, 0.15) is 0 Å². The topological polar surface area (TPSA) is 65.7 Å². The molecule has 0 atom stereocenters. The molecule has 0 N–H and O–H groups in total. The van der Waals surface area contributed by atoms with Crippen LogP contribution in [0.15, 0.2) is 43.0 Å². The molecule has 0 fully saturated rings. The summed E-state index contributed by atoms with van der Waals surface area (Å²) in [6, 6.07) is 5.48. The van der Waals surface area contributed by atoms with Crippen molar-refractivity contribution in [3.8, 4) is 17.7 Å². The van der Waals surface area contributed by atoms with E-state index in [9.17, 15) is 4.39 Å². The molecule has 0 spiro atoms. The van der Waals surface area contributed by atoms with Gasteiger partial charge < -0.3 is 4.74 Å². The van der Waals surface area contributed by atoms with Gasteiger partial charge in [0.15, 0.2) is 0 Å². The monoisotopic (exact) mass is 291 g/mol. The second-order valence-electron chi connectivity index (χ2n) is 3.71. The van der Waals surface area contributed by atoms with Gasteiger partial charge in [0.2, 0.25) is 11.2 Å². The van der Waals surface area contributed by atoms with E-state index in [1.54, 1.807) is 17.0 Å². The molecule has 0 saturated heterocycles. The Bertz CT molecular complexity index is 717. The van der Waals surface area contributed by atoms with Crippen LogP contribution < -0.4 is 4.74 Å². The zero-order valence-electron chi connectivity index (χ0n) is 9.94. The maximum Gasteiger partial charge on any atom is 0.328 e. The molecule has 6 nitrogen and oxygen atoms in total. The molecule has 0 bridgehead atoms. The molecular weight excluding hydrogens is 285 g/mol. The van der Waals surface area contributed by atoms with Crippen LogP contribution in [-0.2, 0) is 0 Å². The van der Waals surface area contributed by atoms with Crippen LogP contribution in [0.5, 0.6) is 11.8 Å². The fraction of sp³-hybridized carbons (Fsp3) is 0. The van der Waals surface area contributed by atoms with E-state index < -0.39 is 0 Å². The normalized spacial score (nSPS) is 10.5. The summed E-state index contributed by atoms with van der Waals surface area (Å²) >= 11 is 5.82. The summed E-state index contributed by atoms with van der Waals surface area (Å²) in [4.78, 5) is 15.8. The highest BCUT2D eigenvalue weighted by Gasteiger charge is 2.08. The van der Waals surface area contributed by atoms with Crippen molar-refractivity contribution >= 4 is 11.6 Å². The van der Waals surface area contributed by atoms with E-state index in [1.165, 1.54) is 30.6 Å². The van der Waals surface area contributed by atoms with E-state index in [1.807, 2.05) is 0 Å². The summed E-state index contributed by atoms with van der Waals surface area (Å²) in [6.45, 7) is 0. The zero-order valence-corrected chi connectivity index (χ0v) is 10.7. The molecule has 20 heavy (non-hydrogen) atoms. The van der Waals surface area contributed by atoms with Gasteiger partial charge in [0.1, 0.15) is 17.9 Å². The standard InChI is InChI=1S/C12H7ClFN5O/c13-10-16-11(19-6-5-15-7-19)18-12(17-10)20-9-3-1-8(14)2-4-9/h1-7H. The minimum Gasteiger partial charge on any atom is -0.424 e. The lowest BCUT2D eigenvalue weighted by Gasteiger charge is -2.05. The quantitative estimate of drug-likeness (QED) is 0.742. The van der Waals surface area contributed by atoms with Gasteiger partial charge in [-0.25, -0.2) is 9.37 Å². The summed E-state index contributed by atoms with van der Waals surface area (Å²) in [7, 11) is 0. The van der Waals surface area contributed by atoms with Crippen molar-refractivity contribution in [2.45, 2.75) is 0 Å². The van der Waals surface area contributed by atoms with Crippen molar-refractivity contribution in [3.05, 3.63) is 54.1 Å². The number of benzene rings is 1. The molecule has 0 aliphatic carbocycles. The number of hydrogen-bond acceptors (Lipinski definition) is 5. The largest absolute Gasteiger partial charge is 0.424 e. The van der Waals surface area contributed by atoms with E-state index in [0.29, 0.717) is 5.75 Å². The lowest BCUT2D eigenvalue weighted by Crippen LogP contribution is -2.03. The molecule has 0 aliphatic heterocycles. The highest BCUT2D eigenvalue weighted by atomic mass is 35.5. The van der Waals surface area contributed by atoms with Crippen LogP contribution in [0.2, 0.25) is 5.28 Å². The molecule has 0 unspecified atom stereocenters. The average molecular weight is 292 g/mol. The van der Waals surface area contributed by atoms with Gasteiger partial charge >= 0.3 is 6.01 Å². The predicted molar refractivity (Wildman–Crippen MR) is 68.4 cm³/mol. The van der Waals surface area contributed by atoms with Crippen molar-refractivity contribution in [1.29, 1.82) is 0 Å². The van der Waals surface area contributed by atoms with Crippen LogP contribution in [0.25, 0.3) is 5.95 Å². The lowest BCUT2D eigenvalue weighted by atomic mass is 10.3. The fourth-order valence-electron chi connectivity index (χ4n) is 1.47. The second-order valence-corrected chi connectivity index (χ2v) is 4.05. The summed E-state index contributed by atoms with van der Waals surface area (Å²) in [5.41, 5.74) is 0. The van der Waals surface area contributed by atoms with Crippen LogP contribution in [-0.4, -0.2) is 24.5 Å². The van der Waals surface area contributed by atoms with E-state index in [0.717, 1.165) is 0 Å². The molecular formula is C12H7ClFN5O. The third-order valence-corrected chi connectivity index (χ3v) is 2.50. The molecule has 2 heterocycles. The number of halogens is 2. The molecule has 3 aromatic rings. The maximum absolute atomic E-state index is 12.8. The highest BCUT2D eigenvalue weighted by molar-refractivity contribution is 6.28. The van der Waals surface area contributed by atoms with Gasteiger partial charge in [-0.05, 0) is 35.9 Å². The molecule has 100 valence electrons. The molecule has 0 aliphatic rings. The number of aromatic nitrogens is 5. The highest BCUT2D eigenvalue weighted by Crippen LogP contribution is 2.19. The summed E-state index contributed by atoms with van der Waals surface area (Å²) in [6.07, 6.45) is 4.76. The van der Waals surface area contributed by atoms with Crippen molar-refractivity contribution in [2.75, 3.05) is 0 Å². The first-order valence-electron chi connectivity index (χ1n) is 5.54. The average Bonchev–Trinajstić information content (AvgIpc) is 2.95. The Balaban J connectivity index is 1.92. The van der Waals surface area contributed by atoms with Crippen molar-refractivity contribution in [2.24, 2.45) is 0 Å². The molecule has 0 amide bonds. The third-order valence-electron chi connectivity index (χ3n) is 2.33. The van der Waals surface area contributed by atoms with Crippen LogP contribution in [0.4, 0.5) is 4.39 Å². The van der Waals surface area contributed by atoms with Gasteiger partial charge in [0.05, 0.1) is 0 Å². The van der Waals surface area contributed by atoms with E-state index in [4.69, 9.17) is 16.3 Å². The second kappa shape index (κ2) is 5.22. The van der Waals surface area contributed by atoms with Crippen molar-refractivity contribution in [3.63, 3.8) is 0 Å². The van der Waals surface area contributed by atoms with E-state index in [2.05, 4.69) is 19.9 Å². The molecule has 1 aromatic carbocycles. The summed E-state index contributed by atoms with van der Waals surface area (Å²) in [5, 5.41) is -0.0131. The Morgan fingerprint density at radius 1 is 1.10 bits per heavy atom. The Morgan fingerprint density at radius 2 is 1.90 bits per heavy atom. The maximum atomic E-state index is 12.8. The third kappa shape index (κ3) is 2.72. The number of hydrogen-bond donors (Lipinski definition) is 0. The Kier molecular flexibility index (Phi) is 3.26. The van der Waals surface area contributed by atoms with Crippen molar-refractivity contribution < 1.29 is 9.13 Å². The Labute approximate surface area is 117 Å². The Hall–Kier alpha value is -2.54. The van der Waals surface area contributed by atoms with Crippen molar-refractivity contribution in [1.82, 2.24) is 24.5 Å². The Morgan fingerprint density at radius 3 is 2.60 bits per heavy atom. The van der Waals surface area contributed by atoms with Gasteiger partial charge in [0, 0.05) is 12.4 Å². The molecule has 0 radical (unpaired) electrons. The zero-order chi connectivity index (χ0) is 13.9. The number of nitrogens with zero attached hydrogens (tertiary/aromatic N) is 5. The first-order chi connectivity index (χ1) is 9.70. The van der Waals surface area contributed by atoms with E-state index in [-0.39, 0.29) is 23.1 Å². The van der Waals surface area contributed by atoms with E-state index >= 15 is 0 Å². The lowest BCUT2D eigenvalue weighted by molar-refractivity contribution is 0.437. The van der Waals surface area contributed by atoms with Gasteiger partial charge in [-0.15, -0.1) is 0 Å². The van der Waals surface area contributed by atoms with Gasteiger partial charge in [0.25, 0.3) is 0 Å². The first-order valence-corrected chi connectivity index (χ1v) is 5.92. The molecule has 2 aromatic heterocycles. The number of rotatable bonds is 3. The minimum absolute atomic E-state index is 0.0131. The summed E-state index contributed by atoms with van der Waals surface area (Å²) < 4.78 is 19.8. The minimum atomic E-state index is -0.356. The molecule has 3 rings (SSSR count). The first kappa shape index (κ1) is 12.5. The van der Waals surface area contributed by atoms with Crippen LogP contribution in [0, 0.1) is 5.82 Å². The van der Waals surface area contributed by atoms with Gasteiger partial charge in [-0.2, -0.15) is 15.0 Å². The fourth-order valence-corrected chi connectivity index (χ4v) is 1.62.